The van der Waals surface area contributed by atoms with Crippen LogP contribution in [0.15, 0.2) is 12.4 Å². The molecule has 1 unspecified atom stereocenters. The van der Waals surface area contributed by atoms with Gasteiger partial charge in [-0.15, -0.1) is 0 Å². The highest BCUT2D eigenvalue weighted by Gasteiger charge is 2.14. The lowest BCUT2D eigenvalue weighted by molar-refractivity contribution is 0.425. The molecule has 0 amide bonds. The molecule has 0 aromatic carbocycles. The van der Waals surface area contributed by atoms with E-state index in [0.717, 1.165) is 44.2 Å². The summed E-state index contributed by atoms with van der Waals surface area (Å²) in [5.74, 6) is 1.77. The van der Waals surface area contributed by atoms with E-state index < -0.39 is 0 Å². The molecule has 2 heterocycles. The second kappa shape index (κ2) is 6.51. The van der Waals surface area contributed by atoms with Gasteiger partial charge in [0, 0.05) is 31.7 Å². The Kier molecular flexibility index (Phi) is 4.72. The van der Waals surface area contributed by atoms with Crippen LogP contribution >= 0.6 is 0 Å². The van der Waals surface area contributed by atoms with E-state index in [4.69, 9.17) is 0 Å². The smallest absolute Gasteiger partial charge is 0.131 e. The van der Waals surface area contributed by atoms with Gasteiger partial charge in [0.25, 0.3) is 0 Å². The zero-order chi connectivity index (χ0) is 12.8. The highest BCUT2D eigenvalue weighted by Crippen LogP contribution is 2.11. The lowest BCUT2D eigenvalue weighted by Crippen LogP contribution is -2.23. The molecule has 1 atom stereocenters. The third-order valence-corrected chi connectivity index (χ3v) is 2.94. The largest absolute Gasteiger partial charge is 0.369 e. The Hall–Kier alpha value is -1.40. The SMILES string of the molecule is CN(C)CCNc1cc(NC2CCNC2)ncn1. The molecule has 0 saturated carbocycles. The van der Waals surface area contributed by atoms with Crippen LogP contribution in [-0.4, -0.2) is 61.2 Å². The fraction of sp³-hybridized carbons (Fsp3) is 0.667. The van der Waals surface area contributed by atoms with Crippen molar-refractivity contribution < 1.29 is 0 Å². The van der Waals surface area contributed by atoms with Crippen LogP contribution in [-0.2, 0) is 0 Å². The van der Waals surface area contributed by atoms with E-state index in [2.05, 4.69) is 44.9 Å². The number of aromatic nitrogens is 2. The average molecular weight is 250 g/mol. The summed E-state index contributed by atoms with van der Waals surface area (Å²) in [7, 11) is 4.11. The van der Waals surface area contributed by atoms with Crippen molar-refractivity contribution >= 4 is 11.6 Å². The van der Waals surface area contributed by atoms with Gasteiger partial charge in [-0.05, 0) is 27.1 Å². The van der Waals surface area contributed by atoms with Gasteiger partial charge < -0.3 is 20.9 Å². The van der Waals surface area contributed by atoms with Crippen LogP contribution in [0.1, 0.15) is 6.42 Å². The zero-order valence-electron chi connectivity index (χ0n) is 11.1. The Morgan fingerprint density at radius 2 is 2.22 bits per heavy atom. The van der Waals surface area contributed by atoms with Gasteiger partial charge in [0.15, 0.2) is 0 Å². The number of hydrogen-bond donors (Lipinski definition) is 3. The maximum Gasteiger partial charge on any atom is 0.131 e. The third kappa shape index (κ3) is 4.12. The van der Waals surface area contributed by atoms with Crippen LogP contribution < -0.4 is 16.0 Å². The Morgan fingerprint density at radius 3 is 2.94 bits per heavy atom. The molecule has 1 fully saturated rings. The number of likely N-dealkylation sites (N-methyl/N-ethyl adjacent to an activating group) is 1. The summed E-state index contributed by atoms with van der Waals surface area (Å²) < 4.78 is 0. The van der Waals surface area contributed by atoms with E-state index in [0.29, 0.717) is 6.04 Å². The average Bonchev–Trinajstić information content (AvgIpc) is 2.82. The van der Waals surface area contributed by atoms with E-state index in [-0.39, 0.29) is 0 Å². The molecular formula is C12H22N6. The summed E-state index contributed by atoms with van der Waals surface area (Å²) in [5.41, 5.74) is 0. The number of rotatable bonds is 6. The van der Waals surface area contributed by atoms with E-state index in [1.807, 2.05) is 6.07 Å². The molecule has 1 aromatic heterocycles. The molecular weight excluding hydrogens is 228 g/mol. The molecule has 100 valence electrons. The van der Waals surface area contributed by atoms with Crippen molar-refractivity contribution in [2.24, 2.45) is 0 Å². The fourth-order valence-electron chi connectivity index (χ4n) is 1.93. The van der Waals surface area contributed by atoms with Crippen LogP contribution in [0.2, 0.25) is 0 Å². The van der Waals surface area contributed by atoms with Gasteiger partial charge in [0.1, 0.15) is 18.0 Å². The topological polar surface area (TPSA) is 65.1 Å². The number of anilines is 2. The van der Waals surface area contributed by atoms with Crippen LogP contribution in [0.25, 0.3) is 0 Å². The Bertz CT molecular complexity index is 361. The summed E-state index contributed by atoms with van der Waals surface area (Å²) in [5, 5.41) is 10.0. The number of nitrogens with one attached hydrogen (secondary N) is 3. The van der Waals surface area contributed by atoms with Crippen molar-refractivity contribution in [1.29, 1.82) is 0 Å². The van der Waals surface area contributed by atoms with E-state index in [1.54, 1.807) is 6.33 Å². The zero-order valence-corrected chi connectivity index (χ0v) is 11.1. The Morgan fingerprint density at radius 1 is 1.39 bits per heavy atom. The van der Waals surface area contributed by atoms with Crippen molar-refractivity contribution in [3.63, 3.8) is 0 Å². The highest BCUT2D eigenvalue weighted by atomic mass is 15.1. The molecule has 0 spiro atoms. The van der Waals surface area contributed by atoms with Gasteiger partial charge in [0.05, 0.1) is 0 Å². The third-order valence-electron chi connectivity index (χ3n) is 2.94. The molecule has 1 aliphatic heterocycles. The van der Waals surface area contributed by atoms with Gasteiger partial charge in [-0.3, -0.25) is 0 Å². The molecule has 2 rings (SSSR count). The van der Waals surface area contributed by atoms with Crippen LogP contribution in [0.4, 0.5) is 11.6 Å². The summed E-state index contributed by atoms with van der Waals surface area (Å²) >= 11 is 0. The Balaban J connectivity index is 1.84. The summed E-state index contributed by atoms with van der Waals surface area (Å²) in [6.07, 6.45) is 2.75. The summed E-state index contributed by atoms with van der Waals surface area (Å²) in [6.45, 7) is 3.96. The number of hydrogen-bond acceptors (Lipinski definition) is 6. The lowest BCUT2D eigenvalue weighted by Gasteiger charge is -2.14. The van der Waals surface area contributed by atoms with E-state index in [1.165, 1.54) is 0 Å². The van der Waals surface area contributed by atoms with Gasteiger partial charge >= 0.3 is 0 Å². The maximum atomic E-state index is 4.25. The lowest BCUT2D eigenvalue weighted by atomic mass is 10.2. The monoisotopic (exact) mass is 250 g/mol. The summed E-state index contributed by atoms with van der Waals surface area (Å²) in [6, 6.07) is 2.45. The molecule has 0 aliphatic carbocycles. The second-order valence-electron chi connectivity index (χ2n) is 4.85. The van der Waals surface area contributed by atoms with Crippen LogP contribution in [0.3, 0.4) is 0 Å². The second-order valence-corrected chi connectivity index (χ2v) is 4.85. The van der Waals surface area contributed by atoms with Crippen molar-refractivity contribution in [2.45, 2.75) is 12.5 Å². The first kappa shape index (κ1) is 13.0. The predicted molar refractivity (Wildman–Crippen MR) is 74.0 cm³/mol. The van der Waals surface area contributed by atoms with E-state index in [9.17, 15) is 0 Å². The maximum absolute atomic E-state index is 4.25. The predicted octanol–water partition coefficient (Wildman–Crippen LogP) is 0.224. The van der Waals surface area contributed by atoms with Crippen LogP contribution in [0.5, 0.6) is 0 Å². The molecule has 18 heavy (non-hydrogen) atoms. The van der Waals surface area contributed by atoms with Crippen molar-refractivity contribution in [3.8, 4) is 0 Å². The minimum absolute atomic E-state index is 0.481. The standard InChI is InChI=1S/C12H22N6/c1-18(2)6-5-14-11-7-12(16-9-15-11)17-10-3-4-13-8-10/h7,9-10,13H,3-6,8H2,1-2H3,(H2,14,15,16,17). The first-order valence-corrected chi connectivity index (χ1v) is 6.42. The van der Waals surface area contributed by atoms with Gasteiger partial charge in [-0.1, -0.05) is 0 Å². The fourth-order valence-corrected chi connectivity index (χ4v) is 1.93. The highest BCUT2D eigenvalue weighted by molar-refractivity contribution is 5.47. The van der Waals surface area contributed by atoms with Gasteiger partial charge in [-0.25, -0.2) is 9.97 Å². The molecule has 6 heteroatoms. The van der Waals surface area contributed by atoms with Gasteiger partial charge in [0.2, 0.25) is 0 Å². The molecule has 1 aromatic rings. The molecule has 0 bridgehead atoms. The molecule has 0 radical (unpaired) electrons. The molecule has 1 aliphatic rings. The van der Waals surface area contributed by atoms with Crippen LogP contribution in [0, 0.1) is 0 Å². The van der Waals surface area contributed by atoms with E-state index >= 15 is 0 Å². The van der Waals surface area contributed by atoms with Crippen molar-refractivity contribution in [3.05, 3.63) is 12.4 Å². The minimum Gasteiger partial charge on any atom is -0.369 e. The first-order valence-electron chi connectivity index (χ1n) is 6.42. The molecule has 6 nitrogen and oxygen atoms in total. The van der Waals surface area contributed by atoms with Gasteiger partial charge in [-0.2, -0.15) is 0 Å². The molecule has 3 N–H and O–H groups in total. The first-order chi connectivity index (χ1) is 8.74. The van der Waals surface area contributed by atoms with Crippen molar-refractivity contribution in [1.82, 2.24) is 20.2 Å². The number of nitrogens with zero attached hydrogens (tertiary/aromatic N) is 3. The summed E-state index contributed by atoms with van der Waals surface area (Å²) in [4.78, 5) is 10.6. The van der Waals surface area contributed by atoms with Crippen molar-refractivity contribution in [2.75, 3.05) is 50.9 Å². The quantitative estimate of drug-likeness (QED) is 0.671. The molecule has 1 saturated heterocycles. The minimum atomic E-state index is 0.481. The Labute approximate surface area is 108 Å². The normalized spacial score (nSPS) is 19.2.